The van der Waals surface area contributed by atoms with Crippen molar-refractivity contribution < 1.29 is 9.90 Å². The van der Waals surface area contributed by atoms with Gasteiger partial charge in [0.1, 0.15) is 12.2 Å². The van der Waals surface area contributed by atoms with Crippen LogP contribution in [-0.4, -0.2) is 11.0 Å². The number of para-hydroxylation sites is 1. The van der Waals surface area contributed by atoms with Crippen LogP contribution in [0.1, 0.15) is 6.42 Å². The maximum atomic E-state index is 11.9. The highest BCUT2D eigenvalue weighted by Crippen LogP contribution is 2.42. The van der Waals surface area contributed by atoms with Crippen LogP contribution in [0, 0.1) is 11.3 Å². The summed E-state index contributed by atoms with van der Waals surface area (Å²) in [4.78, 5) is 11.9. The Hall–Kier alpha value is -2.84. The number of benzene rings is 3. The molecule has 0 saturated heterocycles. The number of hydrogen-bond donors (Lipinski definition) is 2. The number of nitrogens with zero attached hydrogens (tertiary/aromatic N) is 1. The fraction of sp³-hybridized carbons (Fsp3) is 0.0526. The van der Waals surface area contributed by atoms with E-state index in [-0.39, 0.29) is 12.2 Å². The molecule has 0 spiro atoms. The zero-order valence-electron chi connectivity index (χ0n) is 12.6. The van der Waals surface area contributed by atoms with Gasteiger partial charge in [-0.2, -0.15) is 5.26 Å². The number of phenols is 1. The van der Waals surface area contributed by atoms with Crippen LogP contribution in [0.5, 0.6) is 5.75 Å². The first kappa shape index (κ1) is 16.0. The second kappa shape index (κ2) is 6.73. The number of rotatable bonds is 3. The normalized spacial score (nSPS) is 10.3. The van der Waals surface area contributed by atoms with Crippen LogP contribution in [0.4, 0.5) is 5.69 Å². The first-order valence-corrected chi connectivity index (χ1v) is 8.07. The van der Waals surface area contributed by atoms with Crippen LogP contribution < -0.4 is 5.32 Å². The summed E-state index contributed by atoms with van der Waals surface area (Å²) >= 11 is 3.43. The SMILES string of the molecule is N#CCC(=O)Nc1c(Br)cccc1-c1c(O)ccc2ccccc12. The maximum absolute atomic E-state index is 11.9. The number of amides is 1. The summed E-state index contributed by atoms with van der Waals surface area (Å²) in [7, 11) is 0. The Balaban J connectivity index is 2.24. The number of nitriles is 1. The van der Waals surface area contributed by atoms with Crippen LogP contribution in [0.2, 0.25) is 0 Å². The quantitative estimate of drug-likeness (QED) is 0.683. The van der Waals surface area contributed by atoms with Gasteiger partial charge in [0.25, 0.3) is 0 Å². The molecule has 5 heteroatoms. The predicted molar refractivity (Wildman–Crippen MR) is 97.6 cm³/mol. The third-order valence-electron chi connectivity index (χ3n) is 3.69. The Morgan fingerprint density at radius 3 is 2.71 bits per heavy atom. The van der Waals surface area contributed by atoms with Gasteiger partial charge >= 0.3 is 0 Å². The number of phenolic OH excluding ortho intramolecular Hbond substituents is 1. The molecule has 0 radical (unpaired) electrons. The highest BCUT2D eigenvalue weighted by atomic mass is 79.9. The Labute approximate surface area is 147 Å². The van der Waals surface area contributed by atoms with Gasteiger partial charge in [0.2, 0.25) is 5.91 Å². The molecular formula is C19H13BrN2O2. The number of anilines is 1. The second-order valence-electron chi connectivity index (χ2n) is 5.23. The second-order valence-corrected chi connectivity index (χ2v) is 6.08. The third-order valence-corrected chi connectivity index (χ3v) is 4.35. The molecular weight excluding hydrogens is 368 g/mol. The van der Waals surface area contributed by atoms with Crippen molar-refractivity contribution in [1.82, 2.24) is 0 Å². The molecule has 0 aliphatic heterocycles. The van der Waals surface area contributed by atoms with E-state index >= 15 is 0 Å². The molecule has 0 fully saturated rings. The van der Waals surface area contributed by atoms with Crippen molar-refractivity contribution in [3.05, 3.63) is 59.1 Å². The topological polar surface area (TPSA) is 73.1 Å². The number of carbonyl (C=O) groups is 1. The lowest BCUT2D eigenvalue weighted by Gasteiger charge is -2.15. The van der Waals surface area contributed by atoms with E-state index in [1.54, 1.807) is 12.1 Å². The first-order valence-electron chi connectivity index (χ1n) is 7.28. The Morgan fingerprint density at radius 1 is 1.12 bits per heavy atom. The van der Waals surface area contributed by atoms with Crippen molar-refractivity contribution >= 4 is 38.3 Å². The standard InChI is InChI=1S/C19H13BrN2O2/c20-15-7-3-6-14(19(15)22-17(24)10-11-21)18-13-5-2-1-4-12(13)8-9-16(18)23/h1-9,23H,10H2,(H,22,24). The molecule has 0 atom stereocenters. The Bertz CT molecular complexity index is 977. The van der Waals surface area contributed by atoms with E-state index in [0.29, 0.717) is 21.3 Å². The van der Waals surface area contributed by atoms with E-state index in [1.165, 1.54) is 0 Å². The molecule has 0 aromatic heterocycles. The summed E-state index contributed by atoms with van der Waals surface area (Å²) in [6.07, 6.45) is -0.234. The van der Waals surface area contributed by atoms with Gasteiger partial charge in [-0.1, -0.05) is 42.5 Å². The summed E-state index contributed by atoms with van der Waals surface area (Å²) in [5.74, 6) is -0.270. The minimum Gasteiger partial charge on any atom is -0.507 e. The zero-order chi connectivity index (χ0) is 17.1. The number of carbonyl (C=O) groups excluding carboxylic acids is 1. The molecule has 1 amide bonds. The van der Waals surface area contributed by atoms with Crippen LogP contribution in [0.3, 0.4) is 0 Å². The van der Waals surface area contributed by atoms with Crippen molar-refractivity contribution in [2.45, 2.75) is 6.42 Å². The van der Waals surface area contributed by atoms with Crippen LogP contribution in [0.15, 0.2) is 59.1 Å². The average Bonchev–Trinajstić information content (AvgIpc) is 2.57. The average molecular weight is 381 g/mol. The largest absolute Gasteiger partial charge is 0.507 e. The summed E-state index contributed by atoms with van der Waals surface area (Å²) < 4.78 is 0.679. The lowest BCUT2D eigenvalue weighted by atomic mass is 9.96. The van der Waals surface area contributed by atoms with Gasteiger partial charge in [-0.3, -0.25) is 4.79 Å². The molecule has 0 aliphatic rings. The van der Waals surface area contributed by atoms with Crippen molar-refractivity contribution in [1.29, 1.82) is 5.26 Å². The predicted octanol–water partition coefficient (Wildman–Crippen LogP) is 4.83. The molecule has 118 valence electrons. The van der Waals surface area contributed by atoms with Gasteiger partial charge in [-0.15, -0.1) is 0 Å². The molecule has 0 aliphatic carbocycles. The van der Waals surface area contributed by atoms with Crippen molar-refractivity contribution in [2.24, 2.45) is 0 Å². The van der Waals surface area contributed by atoms with Crippen LogP contribution >= 0.6 is 15.9 Å². The van der Waals surface area contributed by atoms with Gasteiger partial charge in [-0.05, 0) is 38.8 Å². The molecule has 0 bridgehead atoms. The van der Waals surface area contributed by atoms with Crippen LogP contribution in [-0.2, 0) is 4.79 Å². The minimum absolute atomic E-state index is 0.127. The molecule has 3 aromatic rings. The molecule has 2 N–H and O–H groups in total. The monoisotopic (exact) mass is 380 g/mol. The van der Waals surface area contributed by atoms with Gasteiger partial charge in [0, 0.05) is 15.6 Å². The molecule has 24 heavy (non-hydrogen) atoms. The van der Waals surface area contributed by atoms with Gasteiger partial charge in [-0.25, -0.2) is 0 Å². The first-order chi connectivity index (χ1) is 11.6. The van der Waals surface area contributed by atoms with E-state index in [1.807, 2.05) is 48.5 Å². The third kappa shape index (κ3) is 2.97. The van der Waals surface area contributed by atoms with Crippen molar-refractivity contribution in [3.63, 3.8) is 0 Å². The molecule has 0 saturated carbocycles. The molecule has 0 heterocycles. The number of halogens is 1. The summed E-state index contributed by atoms with van der Waals surface area (Å²) in [6, 6.07) is 18.5. The molecule has 3 aromatic carbocycles. The highest BCUT2D eigenvalue weighted by Gasteiger charge is 2.16. The van der Waals surface area contributed by atoms with Crippen molar-refractivity contribution in [3.8, 4) is 22.9 Å². The molecule has 4 nitrogen and oxygen atoms in total. The van der Waals surface area contributed by atoms with Gasteiger partial charge < -0.3 is 10.4 Å². The number of hydrogen-bond acceptors (Lipinski definition) is 3. The smallest absolute Gasteiger partial charge is 0.238 e. The van der Waals surface area contributed by atoms with Gasteiger partial charge in [0.05, 0.1) is 11.8 Å². The number of fused-ring (bicyclic) bond motifs is 1. The van der Waals surface area contributed by atoms with Crippen molar-refractivity contribution in [2.75, 3.05) is 5.32 Å². The van der Waals surface area contributed by atoms with E-state index in [0.717, 1.165) is 10.8 Å². The van der Waals surface area contributed by atoms with Gasteiger partial charge in [0.15, 0.2) is 0 Å². The van der Waals surface area contributed by atoms with E-state index < -0.39 is 5.91 Å². The Kier molecular flexibility index (Phi) is 4.50. The summed E-state index contributed by atoms with van der Waals surface area (Å²) in [5, 5.41) is 23.7. The fourth-order valence-corrected chi connectivity index (χ4v) is 3.12. The molecule has 0 unspecified atom stereocenters. The van der Waals surface area contributed by atoms with E-state index in [2.05, 4.69) is 21.2 Å². The molecule has 3 rings (SSSR count). The maximum Gasteiger partial charge on any atom is 0.238 e. The number of nitrogens with one attached hydrogen (secondary N) is 1. The minimum atomic E-state index is -0.398. The van der Waals surface area contributed by atoms with Crippen LogP contribution in [0.25, 0.3) is 21.9 Å². The number of aromatic hydroxyl groups is 1. The zero-order valence-corrected chi connectivity index (χ0v) is 14.2. The lowest BCUT2D eigenvalue weighted by Crippen LogP contribution is -2.11. The lowest BCUT2D eigenvalue weighted by molar-refractivity contribution is -0.115. The highest BCUT2D eigenvalue weighted by molar-refractivity contribution is 9.10. The summed E-state index contributed by atoms with van der Waals surface area (Å²) in [5.41, 5.74) is 1.86. The Morgan fingerprint density at radius 2 is 1.92 bits per heavy atom. The van der Waals surface area contributed by atoms with E-state index in [4.69, 9.17) is 5.26 Å². The summed E-state index contributed by atoms with van der Waals surface area (Å²) in [6.45, 7) is 0. The fourth-order valence-electron chi connectivity index (χ4n) is 2.66. The van der Waals surface area contributed by atoms with E-state index in [9.17, 15) is 9.90 Å².